The van der Waals surface area contributed by atoms with Gasteiger partial charge in [-0.2, -0.15) is 0 Å². The van der Waals surface area contributed by atoms with Gasteiger partial charge in [0.2, 0.25) is 0 Å². The Hall–Kier alpha value is -2.28. The molecule has 1 aromatic heterocycles. The lowest BCUT2D eigenvalue weighted by Gasteiger charge is -2.28. The zero-order valence-electron chi connectivity index (χ0n) is 15.8. The van der Waals surface area contributed by atoms with Gasteiger partial charge in [0, 0.05) is 29.3 Å². The molecule has 1 aliphatic carbocycles. The molecule has 1 aromatic carbocycles. The molecule has 1 atom stereocenters. The summed E-state index contributed by atoms with van der Waals surface area (Å²) in [6.45, 7) is 0.765. The van der Waals surface area contributed by atoms with Crippen molar-refractivity contribution >= 4 is 17.5 Å². The molecule has 0 spiro atoms. The van der Waals surface area contributed by atoms with Crippen molar-refractivity contribution < 1.29 is 9.47 Å². The van der Waals surface area contributed by atoms with Gasteiger partial charge in [-0.25, -0.2) is 4.98 Å². The largest absolute Gasteiger partial charge is 0.493 e. The molecule has 1 unspecified atom stereocenters. The Labute approximate surface area is 162 Å². The molecule has 4 rings (SSSR count). The monoisotopic (exact) mass is 385 g/mol. The van der Waals surface area contributed by atoms with E-state index in [1.54, 1.807) is 14.2 Å². The second-order valence-electron chi connectivity index (χ2n) is 6.82. The maximum Gasteiger partial charge on any atom is 0.255 e. The molecule has 0 saturated carbocycles. The SMILES string of the molecule is COc1cc2c(cc1OC)C(C1CCc3nc(SC)[nH]c(=O)c3C1)=NCC2. The van der Waals surface area contributed by atoms with Gasteiger partial charge in [-0.3, -0.25) is 9.79 Å². The van der Waals surface area contributed by atoms with Crippen LogP contribution in [0.5, 0.6) is 11.5 Å². The van der Waals surface area contributed by atoms with E-state index in [0.717, 1.165) is 54.1 Å². The molecule has 2 aliphatic rings. The molecule has 1 aliphatic heterocycles. The van der Waals surface area contributed by atoms with Crippen LogP contribution < -0.4 is 15.0 Å². The summed E-state index contributed by atoms with van der Waals surface area (Å²) >= 11 is 1.47. The molecular weight excluding hydrogens is 362 g/mol. The van der Waals surface area contributed by atoms with Crippen molar-refractivity contribution in [2.45, 2.75) is 30.8 Å². The summed E-state index contributed by atoms with van der Waals surface area (Å²) in [7, 11) is 3.30. The third kappa shape index (κ3) is 3.25. The number of rotatable bonds is 4. The minimum absolute atomic E-state index is 0.0157. The predicted molar refractivity (Wildman–Crippen MR) is 107 cm³/mol. The van der Waals surface area contributed by atoms with Crippen LogP contribution in [0.4, 0.5) is 0 Å². The lowest BCUT2D eigenvalue weighted by molar-refractivity contribution is 0.354. The van der Waals surface area contributed by atoms with Gasteiger partial charge in [0.1, 0.15) is 0 Å². The fraction of sp³-hybridized carbons (Fsp3) is 0.450. The summed E-state index contributed by atoms with van der Waals surface area (Å²) in [6, 6.07) is 4.08. The molecule has 0 fully saturated rings. The number of methoxy groups -OCH3 is 2. The van der Waals surface area contributed by atoms with Gasteiger partial charge in [-0.05, 0) is 49.6 Å². The number of nitrogens with one attached hydrogen (secondary N) is 1. The summed E-state index contributed by atoms with van der Waals surface area (Å²) in [4.78, 5) is 24.8. The number of benzene rings is 1. The number of fused-ring (bicyclic) bond motifs is 2. The van der Waals surface area contributed by atoms with Crippen molar-refractivity contribution in [2.75, 3.05) is 27.0 Å². The quantitative estimate of drug-likeness (QED) is 0.647. The summed E-state index contributed by atoms with van der Waals surface area (Å²) in [5.41, 5.74) is 5.16. The van der Waals surface area contributed by atoms with Crippen LogP contribution in [0.1, 0.15) is 28.8 Å². The number of H-pyrrole nitrogens is 1. The van der Waals surface area contributed by atoms with Gasteiger partial charge in [0.25, 0.3) is 5.56 Å². The van der Waals surface area contributed by atoms with Crippen LogP contribution in [0.15, 0.2) is 27.1 Å². The van der Waals surface area contributed by atoms with Crippen molar-refractivity contribution in [3.05, 3.63) is 44.9 Å². The Morgan fingerprint density at radius 2 is 1.96 bits per heavy atom. The first-order valence-corrected chi connectivity index (χ1v) is 10.3. The van der Waals surface area contributed by atoms with Crippen molar-refractivity contribution in [1.82, 2.24) is 9.97 Å². The topological polar surface area (TPSA) is 76.6 Å². The molecule has 6 nitrogen and oxygen atoms in total. The third-order valence-electron chi connectivity index (χ3n) is 5.39. The van der Waals surface area contributed by atoms with Crippen molar-refractivity contribution in [3.8, 4) is 11.5 Å². The number of aromatic nitrogens is 2. The maximum absolute atomic E-state index is 12.5. The van der Waals surface area contributed by atoms with Crippen molar-refractivity contribution in [1.29, 1.82) is 0 Å². The first-order valence-electron chi connectivity index (χ1n) is 9.10. The normalized spacial score (nSPS) is 18.3. The molecule has 0 amide bonds. The fourth-order valence-corrected chi connectivity index (χ4v) is 4.42. The molecule has 142 valence electrons. The molecule has 27 heavy (non-hydrogen) atoms. The van der Waals surface area contributed by atoms with E-state index < -0.39 is 0 Å². The number of aryl methyl sites for hydroxylation is 1. The highest BCUT2D eigenvalue weighted by Gasteiger charge is 2.30. The highest BCUT2D eigenvalue weighted by atomic mass is 32.2. The van der Waals surface area contributed by atoms with Gasteiger partial charge >= 0.3 is 0 Å². The van der Waals surface area contributed by atoms with E-state index in [1.165, 1.54) is 17.3 Å². The van der Waals surface area contributed by atoms with Crippen LogP contribution in [0.2, 0.25) is 0 Å². The first-order chi connectivity index (χ1) is 13.1. The Kier molecular flexibility index (Phi) is 4.95. The Morgan fingerprint density at radius 1 is 1.19 bits per heavy atom. The zero-order valence-corrected chi connectivity index (χ0v) is 16.6. The standard InChI is InChI=1S/C20H23N3O3S/c1-25-16-9-11-6-7-21-18(13(11)10-17(16)26-2)12-4-5-15-14(8-12)19(24)23-20(22-15)27-3/h9-10,12H,4-8H2,1-3H3,(H,22,23,24). The zero-order chi connectivity index (χ0) is 19.0. The number of ether oxygens (including phenoxy) is 2. The first kappa shape index (κ1) is 18.1. The fourth-order valence-electron chi connectivity index (χ4n) is 4.03. The summed E-state index contributed by atoms with van der Waals surface area (Å²) in [6.07, 6.45) is 5.25. The van der Waals surface area contributed by atoms with Crippen LogP contribution in [-0.4, -0.2) is 42.7 Å². The number of hydrogen-bond donors (Lipinski definition) is 1. The van der Waals surface area contributed by atoms with E-state index in [9.17, 15) is 4.79 Å². The molecule has 0 radical (unpaired) electrons. The van der Waals surface area contributed by atoms with Crippen molar-refractivity contribution in [3.63, 3.8) is 0 Å². The van der Waals surface area contributed by atoms with Crippen LogP contribution in [0.25, 0.3) is 0 Å². The van der Waals surface area contributed by atoms with E-state index in [2.05, 4.69) is 16.0 Å². The maximum atomic E-state index is 12.5. The molecular formula is C20H23N3O3S. The molecule has 0 bridgehead atoms. The van der Waals surface area contributed by atoms with Gasteiger partial charge in [0.05, 0.1) is 19.9 Å². The minimum Gasteiger partial charge on any atom is -0.493 e. The Balaban J connectivity index is 1.70. The van der Waals surface area contributed by atoms with E-state index in [0.29, 0.717) is 17.3 Å². The molecule has 0 saturated heterocycles. The smallest absolute Gasteiger partial charge is 0.255 e. The average molecular weight is 385 g/mol. The Morgan fingerprint density at radius 3 is 2.70 bits per heavy atom. The highest BCUT2D eigenvalue weighted by Crippen LogP contribution is 2.36. The summed E-state index contributed by atoms with van der Waals surface area (Å²) < 4.78 is 10.9. The minimum atomic E-state index is -0.0157. The molecule has 2 aromatic rings. The summed E-state index contributed by atoms with van der Waals surface area (Å²) in [5, 5.41) is 0.689. The van der Waals surface area contributed by atoms with E-state index in [-0.39, 0.29) is 11.5 Å². The van der Waals surface area contributed by atoms with Crippen LogP contribution in [0, 0.1) is 5.92 Å². The molecule has 7 heteroatoms. The predicted octanol–water partition coefficient (Wildman–Crippen LogP) is 2.66. The second-order valence-corrected chi connectivity index (χ2v) is 7.62. The lowest BCUT2D eigenvalue weighted by atomic mass is 9.79. The number of hydrogen-bond acceptors (Lipinski definition) is 6. The third-order valence-corrected chi connectivity index (χ3v) is 5.97. The highest BCUT2D eigenvalue weighted by molar-refractivity contribution is 7.98. The average Bonchev–Trinajstić information content (AvgIpc) is 2.71. The number of aliphatic imine (C=N–C) groups is 1. The second kappa shape index (κ2) is 7.38. The lowest BCUT2D eigenvalue weighted by Crippen LogP contribution is -2.32. The van der Waals surface area contributed by atoms with Gasteiger partial charge in [-0.15, -0.1) is 0 Å². The van der Waals surface area contributed by atoms with Gasteiger partial charge < -0.3 is 14.5 Å². The number of thioether (sulfide) groups is 1. The van der Waals surface area contributed by atoms with Crippen LogP contribution in [0.3, 0.4) is 0 Å². The summed E-state index contributed by atoms with van der Waals surface area (Å²) in [5.74, 6) is 1.68. The van der Waals surface area contributed by atoms with Crippen LogP contribution >= 0.6 is 11.8 Å². The number of nitrogens with zero attached hydrogens (tertiary/aromatic N) is 2. The van der Waals surface area contributed by atoms with Gasteiger partial charge in [0.15, 0.2) is 16.7 Å². The number of aromatic amines is 1. The molecule has 1 N–H and O–H groups in total. The van der Waals surface area contributed by atoms with Crippen LogP contribution in [-0.2, 0) is 19.3 Å². The van der Waals surface area contributed by atoms with Crippen molar-refractivity contribution in [2.24, 2.45) is 10.9 Å². The van der Waals surface area contributed by atoms with E-state index in [1.807, 2.05) is 12.3 Å². The van der Waals surface area contributed by atoms with E-state index in [4.69, 9.17) is 14.5 Å². The molecule has 2 heterocycles. The Bertz CT molecular complexity index is 968. The van der Waals surface area contributed by atoms with E-state index >= 15 is 0 Å². The van der Waals surface area contributed by atoms with Gasteiger partial charge in [-0.1, -0.05) is 11.8 Å².